The summed E-state index contributed by atoms with van der Waals surface area (Å²) in [6, 6.07) is 0. The predicted molar refractivity (Wildman–Crippen MR) is 27.7 cm³/mol. The van der Waals surface area contributed by atoms with Crippen molar-refractivity contribution in [2.24, 2.45) is 0 Å². The summed E-state index contributed by atoms with van der Waals surface area (Å²) in [4.78, 5) is 9.61. The van der Waals surface area contributed by atoms with E-state index >= 15 is 0 Å². The van der Waals surface area contributed by atoms with Crippen molar-refractivity contribution >= 4 is 12.9 Å². The minimum absolute atomic E-state index is 3.41. The van der Waals surface area contributed by atoms with Gasteiger partial charge in [0, 0.05) is 0 Å². The Morgan fingerprint density at radius 1 is 1.00 bits per heavy atom. The van der Waals surface area contributed by atoms with Crippen molar-refractivity contribution in [1.82, 2.24) is 0 Å². The van der Waals surface area contributed by atoms with Crippen LogP contribution < -0.4 is 0 Å². The summed E-state index contributed by atoms with van der Waals surface area (Å²) < 4.78 is 79.0. The highest BCUT2D eigenvalue weighted by Gasteiger charge is 2.73. The first-order valence-corrected chi connectivity index (χ1v) is 4.12. The summed E-state index contributed by atoms with van der Waals surface area (Å²) in [5.74, 6) is -12.6. The first-order chi connectivity index (χ1) is 5.44. The van der Waals surface area contributed by atoms with E-state index < -0.39 is 24.7 Å². The molecule has 0 aromatic carbocycles. The summed E-state index contributed by atoms with van der Waals surface area (Å²) in [6.07, 6.45) is 0. The molecule has 0 aromatic heterocycles. The van der Waals surface area contributed by atoms with Gasteiger partial charge in [-0.3, -0.25) is 4.57 Å². The maximum absolute atomic E-state index is 11.5. The summed E-state index contributed by atoms with van der Waals surface area (Å²) in [5.41, 5.74) is -3.41. The Labute approximate surface area is 66.7 Å². The van der Waals surface area contributed by atoms with E-state index in [1.807, 2.05) is 0 Å². The number of halogens is 6. The van der Waals surface area contributed by atoms with Gasteiger partial charge in [-0.05, 0) is 0 Å². The smallest absolute Gasteiger partial charge is 0.459 e. The number of carboxylic acid groups (broad SMARTS) is 1. The molecule has 0 bridgehead atoms. The van der Waals surface area contributed by atoms with Crippen LogP contribution in [0, 0.1) is 0 Å². The van der Waals surface area contributed by atoms with Gasteiger partial charge in [-0.1, -0.05) is 0 Å². The zero-order valence-electron chi connectivity index (χ0n) is 5.48. The van der Waals surface area contributed by atoms with Crippen LogP contribution in [0.15, 0.2) is 0 Å². The molecule has 0 unspecified atom stereocenters. The van der Waals surface area contributed by atoms with Gasteiger partial charge in [-0.25, -0.2) is 4.79 Å². The Kier molecular flexibility index (Phi) is 2.74. The van der Waals surface area contributed by atoms with Gasteiger partial charge in [0.15, 0.2) is 0 Å². The van der Waals surface area contributed by atoms with Crippen molar-refractivity contribution in [2.45, 2.75) is 11.8 Å². The van der Waals surface area contributed by atoms with Gasteiger partial charge in [0.2, 0.25) is 0 Å². The molecular formula is C3HF6O3P. The van der Waals surface area contributed by atoms with Crippen LogP contribution in [0.2, 0.25) is 0 Å². The van der Waals surface area contributed by atoms with Gasteiger partial charge in [-0.15, -0.1) is 0 Å². The lowest BCUT2D eigenvalue weighted by Crippen LogP contribution is -2.26. The lowest BCUT2D eigenvalue weighted by molar-refractivity contribution is -0.0923. The van der Waals surface area contributed by atoms with Crippen LogP contribution in [0.1, 0.15) is 0 Å². The molecule has 0 aromatic rings. The normalized spacial score (nSPS) is 14.3. The van der Waals surface area contributed by atoms with Crippen LogP contribution in [0.25, 0.3) is 0 Å². The maximum Gasteiger partial charge on any atom is 0.459 e. The number of alkyl halides is 6. The number of rotatable bonds is 1. The second-order valence-electron chi connectivity index (χ2n) is 1.83. The zero-order valence-corrected chi connectivity index (χ0v) is 6.37. The van der Waals surface area contributed by atoms with Crippen LogP contribution in [-0.4, -0.2) is 22.7 Å². The topological polar surface area (TPSA) is 54.4 Å². The van der Waals surface area contributed by atoms with Gasteiger partial charge in [0.1, 0.15) is 0 Å². The van der Waals surface area contributed by atoms with Gasteiger partial charge < -0.3 is 5.11 Å². The fraction of sp³-hybridized carbons (Fsp3) is 0.667. The van der Waals surface area contributed by atoms with Gasteiger partial charge in [0.25, 0.3) is 0 Å². The Morgan fingerprint density at radius 3 is 1.23 bits per heavy atom. The molecule has 10 heteroatoms. The molecule has 78 valence electrons. The molecule has 0 saturated carbocycles. The third-order valence-electron chi connectivity index (χ3n) is 0.983. The van der Waals surface area contributed by atoms with Crippen molar-refractivity contribution in [3.05, 3.63) is 0 Å². The Morgan fingerprint density at radius 2 is 1.23 bits per heavy atom. The third kappa shape index (κ3) is 1.79. The van der Waals surface area contributed by atoms with Crippen molar-refractivity contribution in [3.63, 3.8) is 0 Å². The van der Waals surface area contributed by atoms with E-state index in [0.29, 0.717) is 0 Å². The van der Waals surface area contributed by atoms with Crippen LogP contribution in [0.5, 0.6) is 0 Å². The lowest BCUT2D eigenvalue weighted by Gasteiger charge is -2.18. The van der Waals surface area contributed by atoms with Crippen molar-refractivity contribution in [3.8, 4) is 0 Å². The molecule has 0 aliphatic heterocycles. The monoisotopic (exact) mass is 230 g/mol. The molecule has 0 atom stereocenters. The van der Waals surface area contributed by atoms with Crippen molar-refractivity contribution in [2.75, 3.05) is 0 Å². The van der Waals surface area contributed by atoms with E-state index in [-0.39, 0.29) is 0 Å². The highest BCUT2D eigenvalue weighted by molar-refractivity contribution is 7.81. The molecule has 0 rings (SSSR count). The Bertz CT molecular complexity index is 245. The van der Waals surface area contributed by atoms with E-state index in [1.165, 1.54) is 0 Å². The van der Waals surface area contributed by atoms with Crippen LogP contribution in [0.4, 0.5) is 31.1 Å². The molecule has 0 fully saturated rings. The molecule has 0 saturated heterocycles. The first-order valence-electron chi connectivity index (χ1n) is 2.42. The Balaban J connectivity index is 5.51. The Hall–Kier alpha value is -0.720. The quantitative estimate of drug-likeness (QED) is 0.556. The van der Waals surface area contributed by atoms with E-state index in [9.17, 15) is 35.7 Å². The standard InChI is InChI=1S/C3HF6O3P/c4-2(5,6)13(12,1(10)11)3(7,8)9/h(H,10,11). The lowest BCUT2D eigenvalue weighted by atomic mass is 11.5. The average Bonchev–Trinajstić information content (AvgIpc) is 1.80. The van der Waals surface area contributed by atoms with Gasteiger partial charge in [-0.2, -0.15) is 26.3 Å². The molecule has 0 aliphatic carbocycles. The molecule has 0 heterocycles. The molecule has 0 amide bonds. The number of hydrogen-bond acceptors (Lipinski definition) is 2. The van der Waals surface area contributed by atoms with Crippen LogP contribution >= 0.6 is 7.14 Å². The molecule has 3 nitrogen and oxygen atoms in total. The van der Waals surface area contributed by atoms with Crippen LogP contribution in [0.3, 0.4) is 0 Å². The van der Waals surface area contributed by atoms with E-state index in [0.717, 1.165) is 0 Å². The van der Waals surface area contributed by atoms with Gasteiger partial charge in [0.05, 0.1) is 0 Å². The molecule has 0 radical (unpaired) electrons. The van der Waals surface area contributed by atoms with Crippen molar-refractivity contribution in [1.29, 1.82) is 0 Å². The SMILES string of the molecule is O=C(O)P(=O)(C(F)(F)F)C(F)(F)F. The second kappa shape index (κ2) is 2.90. The zero-order chi connectivity index (χ0) is 11.1. The highest BCUT2D eigenvalue weighted by atomic mass is 31.2. The summed E-state index contributed by atoms with van der Waals surface area (Å²) in [5, 5.41) is 7.60. The van der Waals surface area contributed by atoms with E-state index in [4.69, 9.17) is 5.11 Å². The van der Waals surface area contributed by atoms with Crippen LogP contribution in [-0.2, 0) is 4.57 Å². The molecule has 13 heavy (non-hydrogen) atoms. The second-order valence-corrected chi connectivity index (χ2v) is 4.44. The van der Waals surface area contributed by atoms with E-state index in [2.05, 4.69) is 0 Å². The number of hydrogen-bond donors (Lipinski definition) is 1. The third-order valence-corrected chi connectivity index (χ3v) is 2.95. The molecule has 0 aliphatic rings. The maximum atomic E-state index is 11.5. The fourth-order valence-corrected chi connectivity index (χ4v) is 1.08. The molecular weight excluding hydrogens is 229 g/mol. The minimum Gasteiger partial charge on any atom is -0.475 e. The minimum atomic E-state index is -7.24. The number of carbonyl (C=O) groups is 1. The largest absolute Gasteiger partial charge is 0.475 e. The van der Waals surface area contributed by atoms with Crippen molar-refractivity contribution < 1.29 is 40.8 Å². The average molecular weight is 230 g/mol. The molecule has 1 N–H and O–H groups in total. The summed E-state index contributed by atoms with van der Waals surface area (Å²) >= 11 is 0. The predicted octanol–water partition coefficient (Wildman–Crippen LogP) is 3.07. The molecule has 0 spiro atoms. The fourth-order valence-electron chi connectivity index (χ4n) is 0.361. The van der Waals surface area contributed by atoms with Gasteiger partial charge >= 0.3 is 24.7 Å². The summed E-state index contributed by atoms with van der Waals surface area (Å²) in [6.45, 7) is 0. The van der Waals surface area contributed by atoms with E-state index in [1.54, 1.807) is 0 Å². The first kappa shape index (κ1) is 12.3. The highest BCUT2D eigenvalue weighted by Crippen LogP contribution is 2.71. The summed E-state index contributed by atoms with van der Waals surface area (Å²) in [7, 11) is -7.24.